The molecule has 10 unspecified atom stereocenters. The molecule has 24 heavy (non-hydrogen) atoms. The summed E-state index contributed by atoms with van der Waals surface area (Å²) in [5.74, 6) is -9.60. The molecule has 4 bridgehead atoms. The standard InChI is InChI=1S/C16H19F5O3/c17-14(18)13(22)11-7-4-8(10-6-2-1-5(3-6)9(7)10)12(11)24-15(14,23)16(19,20)21/h5-13,22-23H,1-4H2. The third-order valence-electron chi connectivity index (χ3n) is 7.75. The zero-order chi connectivity index (χ0) is 17.2. The van der Waals surface area contributed by atoms with Crippen molar-refractivity contribution in [2.45, 2.75) is 55.8 Å². The van der Waals surface area contributed by atoms with E-state index in [0.717, 1.165) is 19.3 Å². The summed E-state index contributed by atoms with van der Waals surface area (Å²) < 4.78 is 72.7. The summed E-state index contributed by atoms with van der Waals surface area (Å²) in [5.41, 5.74) is 0. The number of halogens is 5. The van der Waals surface area contributed by atoms with E-state index in [1.165, 1.54) is 0 Å². The normalized spacial score (nSPS) is 60.4. The van der Waals surface area contributed by atoms with Crippen molar-refractivity contribution in [3.05, 3.63) is 0 Å². The summed E-state index contributed by atoms with van der Waals surface area (Å²) in [5, 5.41) is 19.8. The Morgan fingerprint density at radius 1 is 0.917 bits per heavy atom. The van der Waals surface area contributed by atoms with Gasteiger partial charge in [-0.25, -0.2) is 0 Å². The van der Waals surface area contributed by atoms with E-state index in [2.05, 4.69) is 0 Å². The highest BCUT2D eigenvalue weighted by atomic mass is 19.4. The van der Waals surface area contributed by atoms with Gasteiger partial charge < -0.3 is 14.9 Å². The lowest BCUT2D eigenvalue weighted by Gasteiger charge is -2.53. The summed E-state index contributed by atoms with van der Waals surface area (Å²) in [7, 11) is 0. The number of ether oxygens (including phenoxy) is 1. The van der Waals surface area contributed by atoms with Gasteiger partial charge >= 0.3 is 17.9 Å². The summed E-state index contributed by atoms with van der Waals surface area (Å²) in [6.45, 7) is 0. The van der Waals surface area contributed by atoms with Gasteiger partial charge in [-0.05, 0) is 61.2 Å². The predicted molar refractivity (Wildman–Crippen MR) is 69.7 cm³/mol. The maximum absolute atomic E-state index is 14.3. The molecule has 0 spiro atoms. The molecule has 5 rings (SSSR count). The van der Waals surface area contributed by atoms with Gasteiger partial charge in [0.2, 0.25) is 0 Å². The van der Waals surface area contributed by atoms with Gasteiger partial charge in [-0.1, -0.05) is 0 Å². The van der Waals surface area contributed by atoms with Crippen LogP contribution in [0.1, 0.15) is 25.7 Å². The van der Waals surface area contributed by atoms with Crippen LogP contribution in [0.25, 0.3) is 0 Å². The van der Waals surface area contributed by atoms with E-state index in [9.17, 15) is 32.2 Å². The SMILES string of the molecule is OC1C2C3CC(C2OC(O)(C(F)(F)F)C1(F)F)C1C2CCC(C2)C31. The molecule has 0 amide bonds. The Balaban J connectivity index is 1.55. The number of hydrogen-bond acceptors (Lipinski definition) is 3. The van der Waals surface area contributed by atoms with Crippen molar-refractivity contribution in [1.82, 2.24) is 0 Å². The average Bonchev–Trinajstić information content (AvgIpc) is 3.21. The number of rotatable bonds is 0. The molecule has 8 heteroatoms. The molecule has 136 valence electrons. The van der Waals surface area contributed by atoms with Crippen LogP contribution in [0.5, 0.6) is 0 Å². The smallest absolute Gasteiger partial charge is 0.386 e. The first-order valence-electron chi connectivity index (χ1n) is 8.60. The molecule has 5 fully saturated rings. The molecule has 3 nitrogen and oxygen atoms in total. The molecule has 2 N–H and O–H groups in total. The zero-order valence-electron chi connectivity index (χ0n) is 12.7. The van der Waals surface area contributed by atoms with Crippen LogP contribution in [0, 0.1) is 41.4 Å². The van der Waals surface area contributed by atoms with Crippen LogP contribution >= 0.6 is 0 Å². The van der Waals surface area contributed by atoms with Crippen LogP contribution in [0.15, 0.2) is 0 Å². The third-order valence-corrected chi connectivity index (χ3v) is 7.75. The van der Waals surface area contributed by atoms with E-state index in [-0.39, 0.29) is 23.7 Å². The van der Waals surface area contributed by atoms with E-state index >= 15 is 0 Å². The minimum absolute atomic E-state index is 0.200. The number of hydrogen-bond donors (Lipinski definition) is 2. The van der Waals surface area contributed by atoms with Gasteiger partial charge in [0.15, 0.2) is 0 Å². The topological polar surface area (TPSA) is 49.7 Å². The molecule has 0 aromatic heterocycles. The summed E-state index contributed by atoms with van der Waals surface area (Å²) in [6.07, 6.45) is -5.72. The molecular weight excluding hydrogens is 335 g/mol. The molecular formula is C16H19F5O3. The first kappa shape index (κ1) is 15.8. The van der Waals surface area contributed by atoms with Crippen LogP contribution in [-0.2, 0) is 4.74 Å². The minimum Gasteiger partial charge on any atom is -0.386 e. The Labute approximate surface area is 135 Å². The number of fused-ring (bicyclic) bond motifs is 12. The fourth-order valence-corrected chi connectivity index (χ4v) is 7.13. The zero-order valence-corrected chi connectivity index (χ0v) is 12.7. The molecule has 1 saturated heterocycles. The molecule has 4 aliphatic carbocycles. The largest absolute Gasteiger partial charge is 0.449 e. The third kappa shape index (κ3) is 1.51. The first-order chi connectivity index (χ1) is 11.1. The lowest BCUT2D eigenvalue weighted by molar-refractivity contribution is -0.480. The summed E-state index contributed by atoms with van der Waals surface area (Å²) in [6, 6.07) is 0. The molecule has 4 saturated carbocycles. The van der Waals surface area contributed by atoms with Gasteiger partial charge in [-0.2, -0.15) is 22.0 Å². The van der Waals surface area contributed by atoms with Crippen molar-refractivity contribution in [1.29, 1.82) is 0 Å². The fourth-order valence-electron chi connectivity index (χ4n) is 7.13. The van der Waals surface area contributed by atoms with Gasteiger partial charge in [0.1, 0.15) is 6.10 Å². The van der Waals surface area contributed by atoms with E-state index in [1.54, 1.807) is 0 Å². The lowest BCUT2D eigenvalue weighted by atomic mass is 9.63. The van der Waals surface area contributed by atoms with E-state index in [4.69, 9.17) is 4.74 Å². The highest BCUT2D eigenvalue weighted by Crippen LogP contribution is 2.72. The minimum atomic E-state index is -5.67. The number of alkyl halides is 5. The van der Waals surface area contributed by atoms with Crippen LogP contribution in [0.2, 0.25) is 0 Å². The number of aliphatic hydroxyl groups excluding tert-OH is 1. The van der Waals surface area contributed by atoms with Gasteiger partial charge in [-0.15, -0.1) is 0 Å². The molecule has 1 heterocycles. The highest BCUT2D eigenvalue weighted by molar-refractivity contribution is 5.19. The van der Waals surface area contributed by atoms with Gasteiger partial charge in [0, 0.05) is 5.92 Å². The Morgan fingerprint density at radius 3 is 2.08 bits per heavy atom. The van der Waals surface area contributed by atoms with Crippen LogP contribution in [-0.4, -0.2) is 40.3 Å². The van der Waals surface area contributed by atoms with Crippen LogP contribution in [0.3, 0.4) is 0 Å². The number of aliphatic hydroxyl groups is 2. The average molecular weight is 354 g/mol. The van der Waals surface area contributed by atoms with Crippen molar-refractivity contribution in [2.75, 3.05) is 0 Å². The Bertz CT molecular complexity index is 581. The fraction of sp³-hybridized carbons (Fsp3) is 1.00. The highest BCUT2D eigenvalue weighted by Gasteiger charge is 2.82. The Morgan fingerprint density at radius 2 is 1.50 bits per heavy atom. The van der Waals surface area contributed by atoms with Gasteiger partial charge in [-0.3, -0.25) is 0 Å². The van der Waals surface area contributed by atoms with Gasteiger partial charge in [0.05, 0.1) is 6.10 Å². The van der Waals surface area contributed by atoms with Crippen molar-refractivity contribution in [3.8, 4) is 0 Å². The van der Waals surface area contributed by atoms with Crippen LogP contribution < -0.4 is 0 Å². The van der Waals surface area contributed by atoms with Crippen molar-refractivity contribution < 1.29 is 36.9 Å². The van der Waals surface area contributed by atoms with Crippen molar-refractivity contribution in [3.63, 3.8) is 0 Å². The van der Waals surface area contributed by atoms with E-state index in [0.29, 0.717) is 18.3 Å². The van der Waals surface area contributed by atoms with E-state index < -0.39 is 36.0 Å². The lowest BCUT2D eigenvalue weighted by Crippen LogP contribution is -2.73. The Hall–Kier alpha value is -0.470. The predicted octanol–water partition coefficient (Wildman–Crippen LogP) is 2.56. The van der Waals surface area contributed by atoms with Crippen molar-refractivity contribution in [2.24, 2.45) is 41.4 Å². The molecule has 5 aliphatic rings. The monoisotopic (exact) mass is 354 g/mol. The second kappa shape index (κ2) is 4.26. The molecule has 1 aliphatic heterocycles. The van der Waals surface area contributed by atoms with Gasteiger partial charge in [0.25, 0.3) is 0 Å². The first-order valence-corrected chi connectivity index (χ1v) is 8.60. The molecule has 0 aromatic carbocycles. The second-order valence-corrected chi connectivity index (χ2v) is 8.42. The Kier molecular flexibility index (Phi) is 2.80. The molecule has 0 aromatic rings. The maximum atomic E-state index is 14.3. The summed E-state index contributed by atoms with van der Waals surface area (Å²) >= 11 is 0. The van der Waals surface area contributed by atoms with Crippen molar-refractivity contribution >= 4 is 0 Å². The maximum Gasteiger partial charge on any atom is 0.449 e. The summed E-state index contributed by atoms with van der Waals surface area (Å²) in [4.78, 5) is 0. The molecule has 10 atom stereocenters. The molecule has 0 radical (unpaired) electrons. The quantitative estimate of drug-likeness (QED) is 0.519. The van der Waals surface area contributed by atoms with E-state index in [1.807, 2.05) is 0 Å². The van der Waals surface area contributed by atoms with Crippen LogP contribution in [0.4, 0.5) is 22.0 Å². The second-order valence-electron chi connectivity index (χ2n) is 8.42.